The molecule has 3 N–H and O–H groups in total. The Balaban J connectivity index is 1.26. The van der Waals surface area contributed by atoms with Crippen molar-refractivity contribution in [2.75, 3.05) is 44.6 Å². The van der Waals surface area contributed by atoms with Crippen LogP contribution in [0.1, 0.15) is 46.4 Å². The predicted molar refractivity (Wildman–Crippen MR) is 113 cm³/mol. The zero-order chi connectivity index (χ0) is 21.6. The van der Waals surface area contributed by atoms with Crippen LogP contribution in [0.15, 0.2) is 18.2 Å². The van der Waals surface area contributed by atoms with Crippen molar-refractivity contribution in [3.8, 4) is 0 Å². The van der Waals surface area contributed by atoms with Crippen LogP contribution in [0.5, 0.6) is 0 Å². The van der Waals surface area contributed by atoms with Gasteiger partial charge in [0.1, 0.15) is 6.04 Å². The van der Waals surface area contributed by atoms with Gasteiger partial charge < -0.3 is 15.5 Å². The van der Waals surface area contributed by atoms with Gasteiger partial charge in [0.2, 0.25) is 11.8 Å². The summed E-state index contributed by atoms with van der Waals surface area (Å²) < 4.78 is 0. The summed E-state index contributed by atoms with van der Waals surface area (Å²) in [6.45, 7) is 5.90. The minimum Gasteiger partial charge on any atom is -0.383 e. The summed E-state index contributed by atoms with van der Waals surface area (Å²) in [5, 5.41) is 9.03. The molecule has 1 aromatic rings. The van der Waals surface area contributed by atoms with Crippen molar-refractivity contribution in [1.82, 2.24) is 20.4 Å². The van der Waals surface area contributed by atoms with Crippen molar-refractivity contribution < 1.29 is 19.2 Å². The largest absolute Gasteiger partial charge is 0.383 e. The van der Waals surface area contributed by atoms with E-state index < -0.39 is 23.8 Å². The number of nitrogens with zero attached hydrogens (tertiary/aromatic N) is 2. The molecule has 0 radical (unpaired) electrons. The molecule has 0 bridgehead atoms. The highest BCUT2D eigenvalue weighted by Crippen LogP contribution is 2.36. The van der Waals surface area contributed by atoms with Gasteiger partial charge in [-0.05, 0) is 49.9 Å². The second kappa shape index (κ2) is 7.72. The number of carbonyl (C=O) groups is 4. The van der Waals surface area contributed by atoms with Gasteiger partial charge in [-0.1, -0.05) is 6.07 Å². The van der Waals surface area contributed by atoms with Gasteiger partial charge in [-0.2, -0.15) is 0 Å². The molecule has 3 saturated heterocycles. The number of likely N-dealkylation sites (tertiary alicyclic amines) is 1. The molecule has 4 amide bonds. The Hall–Kier alpha value is -2.78. The second-order valence-electron chi connectivity index (χ2n) is 9.06. The summed E-state index contributed by atoms with van der Waals surface area (Å²) in [4.78, 5) is 53.2. The van der Waals surface area contributed by atoms with Gasteiger partial charge in [-0.15, -0.1) is 0 Å². The average Bonchev–Trinajstić information content (AvgIpc) is 3.44. The average molecular weight is 425 g/mol. The molecule has 4 heterocycles. The highest BCUT2D eigenvalue weighted by Gasteiger charge is 2.45. The Morgan fingerprint density at radius 3 is 2.77 bits per heavy atom. The first kappa shape index (κ1) is 20.1. The van der Waals surface area contributed by atoms with Gasteiger partial charge in [0.15, 0.2) is 0 Å². The predicted octanol–water partition coefficient (Wildman–Crippen LogP) is 0.185. The molecule has 9 nitrogen and oxygen atoms in total. The summed E-state index contributed by atoms with van der Waals surface area (Å²) >= 11 is 0. The Bertz CT molecular complexity index is 955. The number of fused-ring (bicyclic) bond motifs is 1. The number of nitrogens with one attached hydrogen (secondary N) is 3. The van der Waals surface area contributed by atoms with Gasteiger partial charge in [0.05, 0.1) is 11.1 Å². The number of imide groups is 2. The zero-order valence-electron chi connectivity index (χ0n) is 17.4. The minimum absolute atomic E-state index is 0.113. The molecule has 0 aromatic heterocycles. The summed E-state index contributed by atoms with van der Waals surface area (Å²) in [6, 6.07) is 4.21. The van der Waals surface area contributed by atoms with E-state index in [9.17, 15) is 19.2 Å². The molecule has 1 spiro atoms. The molecule has 164 valence electrons. The third kappa shape index (κ3) is 3.51. The van der Waals surface area contributed by atoms with Crippen molar-refractivity contribution in [3.05, 3.63) is 29.3 Å². The Morgan fingerprint density at radius 2 is 2.00 bits per heavy atom. The van der Waals surface area contributed by atoms with Crippen LogP contribution in [0, 0.1) is 5.41 Å². The normalized spacial score (nSPS) is 28.5. The fourth-order valence-electron chi connectivity index (χ4n) is 5.37. The fraction of sp³-hybridized carbons (Fsp3) is 0.545. The summed E-state index contributed by atoms with van der Waals surface area (Å²) in [5.41, 5.74) is 1.65. The molecule has 1 aromatic carbocycles. The first-order chi connectivity index (χ1) is 15.0. The molecule has 2 unspecified atom stereocenters. The summed E-state index contributed by atoms with van der Waals surface area (Å²) in [7, 11) is 0. The number of anilines is 1. The van der Waals surface area contributed by atoms with Crippen LogP contribution in [-0.2, 0) is 9.59 Å². The van der Waals surface area contributed by atoms with Crippen molar-refractivity contribution in [1.29, 1.82) is 0 Å². The monoisotopic (exact) mass is 425 g/mol. The van der Waals surface area contributed by atoms with E-state index in [0.29, 0.717) is 28.8 Å². The number of hydrogen-bond acceptors (Lipinski definition) is 7. The van der Waals surface area contributed by atoms with E-state index in [1.54, 1.807) is 18.2 Å². The van der Waals surface area contributed by atoms with E-state index in [2.05, 4.69) is 20.9 Å². The lowest BCUT2D eigenvalue weighted by Crippen LogP contribution is -2.54. The topological polar surface area (TPSA) is 111 Å². The van der Waals surface area contributed by atoms with Gasteiger partial charge in [-0.25, -0.2) is 0 Å². The smallest absolute Gasteiger partial charge is 0.264 e. The lowest BCUT2D eigenvalue weighted by atomic mass is 9.87. The number of carbonyl (C=O) groups excluding carboxylic acids is 4. The number of amides is 4. The third-order valence-corrected chi connectivity index (χ3v) is 7.06. The van der Waals surface area contributed by atoms with Crippen LogP contribution >= 0.6 is 0 Å². The standard InChI is InChI=1S/C22H27N5O4/c28-17-5-4-16(19(29)25-17)27-20(30)14-2-1-3-15(18(14)21(27)31)24-9-11-26-10-7-22(13-26)6-8-23-12-22/h1-3,16,23-24H,4-13H2,(H,25,28,29). The van der Waals surface area contributed by atoms with Crippen LogP contribution in [0.4, 0.5) is 5.69 Å². The molecule has 4 aliphatic rings. The van der Waals surface area contributed by atoms with Crippen molar-refractivity contribution >= 4 is 29.3 Å². The van der Waals surface area contributed by atoms with E-state index >= 15 is 0 Å². The maximum atomic E-state index is 13.1. The van der Waals surface area contributed by atoms with E-state index in [-0.39, 0.29) is 18.7 Å². The Labute approximate surface area is 180 Å². The molecular weight excluding hydrogens is 398 g/mol. The maximum Gasteiger partial charge on any atom is 0.264 e. The third-order valence-electron chi connectivity index (χ3n) is 7.06. The van der Waals surface area contributed by atoms with Crippen LogP contribution in [0.25, 0.3) is 0 Å². The molecule has 0 aliphatic carbocycles. The number of piperidine rings is 1. The Kier molecular flexibility index (Phi) is 5.02. The number of rotatable bonds is 5. The van der Waals surface area contributed by atoms with Crippen molar-refractivity contribution in [2.45, 2.75) is 31.7 Å². The highest BCUT2D eigenvalue weighted by atomic mass is 16.2. The molecule has 3 fully saturated rings. The van der Waals surface area contributed by atoms with Crippen LogP contribution in [0.3, 0.4) is 0 Å². The number of hydrogen-bond donors (Lipinski definition) is 3. The fourth-order valence-corrected chi connectivity index (χ4v) is 5.37. The van der Waals surface area contributed by atoms with Gasteiger partial charge in [-0.3, -0.25) is 29.4 Å². The lowest BCUT2D eigenvalue weighted by molar-refractivity contribution is -0.136. The van der Waals surface area contributed by atoms with Crippen LogP contribution in [-0.4, -0.2) is 78.7 Å². The second-order valence-corrected chi connectivity index (χ2v) is 9.06. The molecule has 2 atom stereocenters. The quantitative estimate of drug-likeness (QED) is 0.578. The van der Waals surface area contributed by atoms with E-state index in [4.69, 9.17) is 0 Å². The number of benzene rings is 1. The minimum atomic E-state index is -0.946. The van der Waals surface area contributed by atoms with E-state index in [1.807, 2.05) is 0 Å². The zero-order valence-corrected chi connectivity index (χ0v) is 17.4. The van der Waals surface area contributed by atoms with E-state index in [0.717, 1.165) is 37.6 Å². The van der Waals surface area contributed by atoms with Gasteiger partial charge >= 0.3 is 0 Å². The molecule has 5 rings (SSSR count). The maximum absolute atomic E-state index is 13.1. The van der Waals surface area contributed by atoms with Crippen molar-refractivity contribution in [2.24, 2.45) is 5.41 Å². The Morgan fingerprint density at radius 1 is 1.13 bits per heavy atom. The molecule has 9 heteroatoms. The highest BCUT2D eigenvalue weighted by molar-refractivity contribution is 6.25. The van der Waals surface area contributed by atoms with Gasteiger partial charge in [0.25, 0.3) is 11.8 Å². The summed E-state index contributed by atoms with van der Waals surface area (Å²) in [6.07, 6.45) is 2.72. The SMILES string of the molecule is O=C1CCC(N2C(=O)c3cccc(NCCN4CCC5(CCNC5)C4)c3C2=O)C(=O)N1. The summed E-state index contributed by atoms with van der Waals surface area (Å²) in [5.74, 6) is -1.93. The molecule has 0 saturated carbocycles. The van der Waals surface area contributed by atoms with Crippen LogP contribution in [0.2, 0.25) is 0 Å². The molecule has 31 heavy (non-hydrogen) atoms. The van der Waals surface area contributed by atoms with Gasteiger partial charge in [0, 0.05) is 38.3 Å². The van der Waals surface area contributed by atoms with Crippen molar-refractivity contribution in [3.63, 3.8) is 0 Å². The van der Waals surface area contributed by atoms with Crippen LogP contribution < -0.4 is 16.0 Å². The first-order valence-electron chi connectivity index (χ1n) is 11.0. The molecular formula is C22H27N5O4. The molecule has 4 aliphatic heterocycles. The van der Waals surface area contributed by atoms with E-state index in [1.165, 1.54) is 12.8 Å². The first-order valence-corrected chi connectivity index (χ1v) is 11.0. The lowest BCUT2D eigenvalue weighted by Gasteiger charge is -2.27.